The van der Waals surface area contributed by atoms with Crippen LogP contribution in [0.4, 0.5) is 11.4 Å². The van der Waals surface area contributed by atoms with Gasteiger partial charge in [0.1, 0.15) is 0 Å². The van der Waals surface area contributed by atoms with Crippen LogP contribution in [-0.4, -0.2) is 15.8 Å². The maximum Gasteiger partial charge on any atom is 0.269 e. The Morgan fingerprint density at radius 2 is 2.00 bits per heavy atom. The molecule has 0 fully saturated rings. The SMILES string of the molecule is O=C(Cc1cccc([N+](=O)[O-])c1)Nc1cccc2cnccc12. The van der Waals surface area contributed by atoms with Gasteiger partial charge in [0.05, 0.1) is 11.3 Å². The van der Waals surface area contributed by atoms with Gasteiger partial charge in [0, 0.05) is 41.0 Å². The predicted octanol–water partition coefficient (Wildman–Crippen LogP) is 3.32. The van der Waals surface area contributed by atoms with Gasteiger partial charge in [-0.3, -0.25) is 19.9 Å². The monoisotopic (exact) mass is 307 g/mol. The molecule has 0 aliphatic heterocycles. The molecule has 0 atom stereocenters. The largest absolute Gasteiger partial charge is 0.325 e. The molecule has 1 aromatic heterocycles. The second kappa shape index (κ2) is 6.23. The average Bonchev–Trinajstić information content (AvgIpc) is 2.55. The highest BCUT2D eigenvalue weighted by molar-refractivity contribution is 6.02. The number of hydrogen-bond acceptors (Lipinski definition) is 4. The van der Waals surface area contributed by atoms with Crippen LogP contribution in [-0.2, 0) is 11.2 Å². The minimum Gasteiger partial charge on any atom is -0.325 e. The molecule has 2 aromatic carbocycles. The lowest BCUT2D eigenvalue weighted by molar-refractivity contribution is -0.384. The van der Waals surface area contributed by atoms with E-state index in [0.717, 1.165) is 10.8 Å². The number of carbonyl (C=O) groups is 1. The normalized spacial score (nSPS) is 10.4. The Hall–Kier alpha value is -3.28. The summed E-state index contributed by atoms with van der Waals surface area (Å²) in [5.41, 5.74) is 1.27. The molecule has 1 amide bonds. The Morgan fingerprint density at radius 3 is 2.83 bits per heavy atom. The van der Waals surface area contributed by atoms with Gasteiger partial charge >= 0.3 is 0 Å². The summed E-state index contributed by atoms with van der Waals surface area (Å²) in [5, 5.41) is 15.5. The number of carbonyl (C=O) groups excluding carboxylic acids is 1. The van der Waals surface area contributed by atoms with E-state index in [-0.39, 0.29) is 18.0 Å². The van der Waals surface area contributed by atoms with E-state index in [9.17, 15) is 14.9 Å². The number of amides is 1. The van der Waals surface area contributed by atoms with E-state index < -0.39 is 4.92 Å². The summed E-state index contributed by atoms with van der Waals surface area (Å²) >= 11 is 0. The maximum absolute atomic E-state index is 12.2. The first-order valence-electron chi connectivity index (χ1n) is 6.99. The van der Waals surface area contributed by atoms with Crippen molar-refractivity contribution in [1.82, 2.24) is 4.98 Å². The van der Waals surface area contributed by atoms with Crippen LogP contribution in [0.2, 0.25) is 0 Å². The van der Waals surface area contributed by atoms with Crippen molar-refractivity contribution >= 4 is 28.1 Å². The van der Waals surface area contributed by atoms with Gasteiger partial charge in [0.15, 0.2) is 0 Å². The van der Waals surface area contributed by atoms with Gasteiger partial charge in [-0.05, 0) is 17.7 Å². The maximum atomic E-state index is 12.2. The summed E-state index contributed by atoms with van der Waals surface area (Å²) < 4.78 is 0. The minimum absolute atomic E-state index is 0.0217. The van der Waals surface area contributed by atoms with Crippen LogP contribution in [0.3, 0.4) is 0 Å². The van der Waals surface area contributed by atoms with E-state index in [0.29, 0.717) is 11.3 Å². The topological polar surface area (TPSA) is 85.1 Å². The van der Waals surface area contributed by atoms with Crippen molar-refractivity contribution in [2.75, 3.05) is 5.32 Å². The smallest absolute Gasteiger partial charge is 0.269 e. The Balaban J connectivity index is 1.79. The number of aromatic nitrogens is 1. The third-order valence-corrected chi connectivity index (χ3v) is 3.44. The van der Waals surface area contributed by atoms with Gasteiger partial charge in [-0.25, -0.2) is 0 Å². The summed E-state index contributed by atoms with van der Waals surface area (Å²) in [6.45, 7) is 0. The highest BCUT2D eigenvalue weighted by Crippen LogP contribution is 2.22. The van der Waals surface area contributed by atoms with Crippen LogP contribution in [0.15, 0.2) is 60.9 Å². The van der Waals surface area contributed by atoms with E-state index in [2.05, 4.69) is 10.3 Å². The van der Waals surface area contributed by atoms with Crippen LogP contribution >= 0.6 is 0 Å². The lowest BCUT2D eigenvalue weighted by Gasteiger charge is -2.08. The van der Waals surface area contributed by atoms with Crippen LogP contribution in [0, 0.1) is 10.1 Å². The number of nitrogens with one attached hydrogen (secondary N) is 1. The summed E-state index contributed by atoms with van der Waals surface area (Å²) in [6, 6.07) is 13.5. The van der Waals surface area contributed by atoms with E-state index in [4.69, 9.17) is 0 Å². The first-order chi connectivity index (χ1) is 11.1. The second-order valence-electron chi connectivity index (χ2n) is 5.05. The van der Waals surface area contributed by atoms with E-state index in [1.165, 1.54) is 12.1 Å². The number of anilines is 1. The van der Waals surface area contributed by atoms with Crippen molar-refractivity contribution < 1.29 is 9.72 Å². The van der Waals surface area contributed by atoms with Crippen LogP contribution in [0.1, 0.15) is 5.56 Å². The molecule has 0 radical (unpaired) electrons. The number of nitro benzene ring substituents is 1. The molecule has 3 aromatic rings. The molecule has 0 bridgehead atoms. The third kappa shape index (κ3) is 3.32. The van der Waals surface area contributed by atoms with Crippen LogP contribution < -0.4 is 5.32 Å². The van der Waals surface area contributed by atoms with Gasteiger partial charge < -0.3 is 5.32 Å². The van der Waals surface area contributed by atoms with Gasteiger partial charge in [-0.15, -0.1) is 0 Å². The number of nitrogens with zero attached hydrogens (tertiary/aromatic N) is 2. The molecule has 114 valence electrons. The zero-order chi connectivity index (χ0) is 16.2. The van der Waals surface area contributed by atoms with Crippen molar-refractivity contribution in [3.8, 4) is 0 Å². The number of benzene rings is 2. The Morgan fingerprint density at radius 1 is 1.17 bits per heavy atom. The molecular weight excluding hydrogens is 294 g/mol. The van der Waals surface area contributed by atoms with Crippen LogP contribution in [0.25, 0.3) is 10.8 Å². The number of hydrogen-bond donors (Lipinski definition) is 1. The van der Waals surface area contributed by atoms with E-state index >= 15 is 0 Å². The summed E-state index contributed by atoms with van der Waals surface area (Å²) in [7, 11) is 0. The molecule has 0 aliphatic rings. The Labute approximate surface area is 131 Å². The fourth-order valence-corrected chi connectivity index (χ4v) is 2.39. The zero-order valence-corrected chi connectivity index (χ0v) is 12.1. The van der Waals surface area contributed by atoms with Crippen LogP contribution in [0.5, 0.6) is 0 Å². The molecule has 1 N–H and O–H groups in total. The van der Waals surface area contributed by atoms with Crippen molar-refractivity contribution in [2.45, 2.75) is 6.42 Å². The summed E-state index contributed by atoms with van der Waals surface area (Å²) in [5.74, 6) is -0.227. The third-order valence-electron chi connectivity index (χ3n) is 3.44. The number of fused-ring (bicyclic) bond motifs is 1. The first kappa shape index (κ1) is 14.6. The summed E-state index contributed by atoms with van der Waals surface area (Å²) in [4.78, 5) is 26.6. The predicted molar refractivity (Wildman–Crippen MR) is 87.2 cm³/mol. The number of non-ortho nitro benzene ring substituents is 1. The second-order valence-corrected chi connectivity index (χ2v) is 5.05. The molecule has 23 heavy (non-hydrogen) atoms. The molecule has 0 spiro atoms. The standard InChI is InChI=1S/C17H13N3O3/c21-17(10-12-3-1-5-14(9-12)20(22)23)19-16-6-2-4-13-11-18-8-7-15(13)16/h1-9,11H,10H2,(H,19,21). The number of nitro groups is 1. The molecule has 1 heterocycles. The van der Waals surface area contributed by atoms with Crippen molar-refractivity contribution in [3.63, 3.8) is 0 Å². The molecule has 0 aliphatic carbocycles. The molecular formula is C17H13N3O3. The van der Waals surface area contributed by atoms with E-state index in [1.54, 1.807) is 24.5 Å². The molecule has 0 unspecified atom stereocenters. The molecule has 0 saturated carbocycles. The zero-order valence-electron chi connectivity index (χ0n) is 12.1. The quantitative estimate of drug-likeness (QED) is 0.592. The summed E-state index contributed by atoms with van der Waals surface area (Å²) in [6.07, 6.45) is 3.47. The van der Waals surface area contributed by atoms with Gasteiger partial charge in [0.25, 0.3) is 5.69 Å². The molecule has 6 heteroatoms. The average molecular weight is 307 g/mol. The molecule has 3 rings (SSSR count). The van der Waals surface area contributed by atoms with Gasteiger partial charge in [-0.2, -0.15) is 0 Å². The minimum atomic E-state index is -0.473. The van der Waals surface area contributed by atoms with Crippen molar-refractivity contribution in [2.24, 2.45) is 0 Å². The number of pyridine rings is 1. The first-order valence-corrected chi connectivity index (χ1v) is 6.99. The molecule has 0 saturated heterocycles. The Kier molecular flexibility index (Phi) is 3.97. The highest BCUT2D eigenvalue weighted by atomic mass is 16.6. The lowest BCUT2D eigenvalue weighted by Crippen LogP contribution is -2.14. The van der Waals surface area contributed by atoms with Crippen molar-refractivity contribution in [3.05, 3.63) is 76.6 Å². The van der Waals surface area contributed by atoms with Gasteiger partial charge in [-0.1, -0.05) is 24.3 Å². The number of rotatable bonds is 4. The van der Waals surface area contributed by atoms with Crippen molar-refractivity contribution in [1.29, 1.82) is 0 Å². The fourth-order valence-electron chi connectivity index (χ4n) is 2.39. The highest BCUT2D eigenvalue weighted by Gasteiger charge is 2.10. The lowest BCUT2D eigenvalue weighted by atomic mass is 10.1. The van der Waals surface area contributed by atoms with E-state index in [1.807, 2.05) is 24.3 Å². The Bertz CT molecular complexity index is 888. The fraction of sp³-hybridized carbons (Fsp3) is 0.0588. The van der Waals surface area contributed by atoms with Gasteiger partial charge in [0.2, 0.25) is 5.91 Å². The molecule has 6 nitrogen and oxygen atoms in total.